The molecule has 0 saturated carbocycles. The largest absolute Gasteiger partial charge is 0.379 e. The second-order valence-corrected chi connectivity index (χ2v) is 10.9. The fourth-order valence-electron chi connectivity index (χ4n) is 4.09. The van der Waals surface area contributed by atoms with Gasteiger partial charge in [-0.15, -0.1) is 0 Å². The van der Waals surface area contributed by atoms with Crippen LogP contribution in [-0.2, 0) is 9.53 Å². The van der Waals surface area contributed by atoms with Crippen molar-refractivity contribution in [3.05, 3.63) is 91.0 Å². The van der Waals surface area contributed by atoms with E-state index in [0.717, 1.165) is 13.1 Å². The van der Waals surface area contributed by atoms with Gasteiger partial charge in [0.2, 0.25) is 0 Å². The zero-order chi connectivity index (χ0) is 19.9. The maximum absolute atomic E-state index is 13.4. The normalized spacial score (nSPS) is 15.2. The molecule has 0 aliphatic carbocycles. The Hall–Kier alpha value is -2.32. The molecule has 4 rings (SSSR count). The van der Waals surface area contributed by atoms with Crippen molar-refractivity contribution in [3.63, 3.8) is 0 Å². The van der Waals surface area contributed by atoms with Gasteiger partial charge in [0.1, 0.15) is 29.3 Å². The second kappa shape index (κ2) is 9.45. The summed E-state index contributed by atoms with van der Waals surface area (Å²) in [5.41, 5.74) is 0. The van der Waals surface area contributed by atoms with E-state index in [9.17, 15) is 4.79 Å². The first-order valence-electron chi connectivity index (χ1n) is 10.2. The molecule has 0 amide bonds. The Morgan fingerprint density at radius 3 is 1.55 bits per heavy atom. The number of ether oxygens (including phenoxy) is 1. The molecule has 0 unspecified atom stereocenters. The first-order valence-corrected chi connectivity index (χ1v) is 12.1. The summed E-state index contributed by atoms with van der Waals surface area (Å²) in [6.45, 7) is 3.59. The summed E-state index contributed by atoms with van der Waals surface area (Å²) >= 11 is 0. The van der Waals surface area contributed by atoms with Gasteiger partial charge in [-0.3, -0.25) is 9.69 Å². The number of rotatable bonds is 7. The molecule has 29 heavy (non-hydrogen) atoms. The third-order valence-electron chi connectivity index (χ3n) is 5.51. The predicted octanol–water partition coefficient (Wildman–Crippen LogP) is 2.88. The maximum Gasteiger partial charge on any atom is 0.184 e. The first kappa shape index (κ1) is 20.0. The predicted molar refractivity (Wildman–Crippen MR) is 122 cm³/mol. The second-order valence-electron chi connectivity index (χ2n) is 7.40. The summed E-state index contributed by atoms with van der Waals surface area (Å²) in [6.07, 6.45) is 0.544. The van der Waals surface area contributed by atoms with E-state index in [1.165, 1.54) is 15.9 Å². The number of morpholine rings is 1. The Labute approximate surface area is 173 Å². The molecule has 0 spiro atoms. The number of carbonyl (C=O) groups excluding carboxylic acids is 1. The number of benzene rings is 3. The van der Waals surface area contributed by atoms with Gasteiger partial charge in [0.25, 0.3) is 0 Å². The number of hydrogen-bond acceptors (Lipinski definition) is 3. The van der Waals surface area contributed by atoms with Crippen molar-refractivity contribution in [2.24, 2.45) is 0 Å². The van der Waals surface area contributed by atoms with E-state index < -0.39 is 7.26 Å². The highest BCUT2D eigenvalue weighted by Crippen LogP contribution is 2.55. The van der Waals surface area contributed by atoms with Crippen molar-refractivity contribution < 1.29 is 9.53 Å². The van der Waals surface area contributed by atoms with E-state index >= 15 is 0 Å². The van der Waals surface area contributed by atoms with Crippen LogP contribution < -0.4 is 15.9 Å². The summed E-state index contributed by atoms with van der Waals surface area (Å²) in [4.78, 5) is 15.6. The zero-order valence-corrected chi connectivity index (χ0v) is 17.5. The fraction of sp³-hybridized carbons (Fsp3) is 0.240. The van der Waals surface area contributed by atoms with Gasteiger partial charge in [0.05, 0.1) is 19.8 Å². The topological polar surface area (TPSA) is 29.5 Å². The molecule has 1 fully saturated rings. The SMILES string of the molecule is O=C(CN1CCOCC1)C[P+](c1ccccc1)(c1ccccc1)c1ccccc1. The minimum atomic E-state index is -2.08. The lowest BCUT2D eigenvalue weighted by molar-refractivity contribution is -0.118. The molecule has 1 aliphatic rings. The standard InChI is InChI=1S/C25H27NO2P/c27-22(20-26-16-18-28-19-17-26)21-29(23-10-4-1-5-11-23,24-12-6-2-7-13-24)25-14-8-3-9-15-25/h1-15H,16-21H2/q+1. The van der Waals surface area contributed by atoms with Crippen LogP contribution in [0.2, 0.25) is 0 Å². The van der Waals surface area contributed by atoms with E-state index in [4.69, 9.17) is 4.74 Å². The molecule has 1 heterocycles. The van der Waals surface area contributed by atoms with E-state index in [2.05, 4.69) is 77.7 Å². The van der Waals surface area contributed by atoms with Crippen LogP contribution in [0, 0.1) is 0 Å². The summed E-state index contributed by atoms with van der Waals surface area (Å²) in [6, 6.07) is 31.8. The molecule has 1 saturated heterocycles. The lowest BCUT2D eigenvalue weighted by Gasteiger charge is -2.29. The number of nitrogens with zero attached hydrogens (tertiary/aromatic N) is 1. The van der Waals surface area contributed by atoms with Crippen LogP contribution in [0.5, 0.6) is 0 Å². The summed E-state index contributed by atoms with van der Waals surface area (Å²) in [5.74, 6) is 0.303. The third-order valence-corrected chi connectivity index (χ3v) is 9.87. The molecule has 3 nitrogen and oxygen atoms in total. The molecule has 0 bridgehead atoms. The average molecular weight is 404 g/mol. The third kappa shape index (κ3) is 4.48. The monoisotopic (exact) mass is 404 g/mol. The number of ketones is 1. The quantitative estimate of drug-likeness (QED) is 0.567. The molecular weight excluding hydrogens is 377 g/mol. The molecule has 1 aliphatic heterocycles. The summed E-state index contributed by atoms with van der Waals surface area (Å²) in [5, 5.41) is 3.77. The minimum absolute atomic E-state index is 0.303. The number of carbonyl (C=O) groups is 1. The molecule has 3 aromatic rings. The van der Waals surface area contributed by atoms with Crippen LogP contribution in [0.15, 0.2) is 91.0 Å². The van der Waals surface area contributed by atoms with Gasteiger partial charge in [-0.2, -0.15) is 0 Å². The van der Waals surface area contributed by atoms with Crippen LogP contribution in [0.3, 0.4) is 0 Å². The zero-order valence-electron chi connectivity index (χ0n) is 16.6. The highest BCUT2D eigenvalue weighted by molar-refractivity contribution is 7.96. The van der Waals surface area contributed by atoms with E-state index in [1.54, 1.807) is 0 Å². The smallest absolute Gasteiger partial charge is 0.184 e. The molecule has 4 heteroatoms. The van der Waals surface area contributed by atoms with Gasteiger partial charge in [-0.1, -0.05) is 54.6 Å². The fourth-order valence-corrected chi connectivity index (χ4v) is 8.21. The van der Waals surface area contributed by atoms with Crippen molar-refractivity contribution in [3.8, 4) is 0 Å². The minimum Gasteiger partial charge on any atom is -0.379 e. The Morgan fingerprint density at radius 1 is 0.724 bits per heavy atom. The average Bonchev–Trinajstić information content (AvgIpc) is 2.80. The van der Waals surface area contributed by atoms with Crippen molar-refractivity contribution in [1.82, 2.24) is 4.90 Å². The number of hydrogen-bond donors (Lipinski definition) is 0. The van der Waals surface area contributed by atoms with Crippen molar-refractivity contribution in [1.29, 1.82) is 0 Å². The van der Waals surface area contributed by atoms with Crippen molar-refractivity contribution >= 4 is 29.0 Å². The summed E-state index contributed by atoms with van der Waals surface area (Å²) < 4.78 is 5.44. The molecular formula is C25H27NO2P+. The van der Waals surface area contributed by atoms with Crippen molar-refractivity contribution in [2.75, 3.05) is 39.0 Å². The Bertz CT molecular complexity index is 813. The lowest BCUT2D eigenvalue weighted by Crippen LogP contribution is -2.42. The Kier molecular flexibility index (Phi) is 6.51. The van der Waals surface area contributed by atoms with E-state index in [1.807, 2.05) is 18.2 Å². The molecule has 3 aromatic carbocycles. The van der Waals surface area contributed by atoms with Crippen LogP contribution >= 0.6 is 7.26 Å². The highest BCUT2D eigenvalue weighted by atomic mass is 31.2. The van der Waals surface area contributed by atoms with Gasteiger partial charge in [-0.05, 0) is 36.4 Å². The molecule has 0 N–H and O–H groups in total. The van der Waals surface area contributed by atoms with Gasteiger partial charge in [-0.25, -0.2) is 0 Å². The molecule has 0 aromatic heterocycles. The van der Waals surface area contributed by atoms with Gasteiger partial charge in [0, 0.05) is 13.1 Å². The Morgan fingerprint density at radius 2 is 1.14 bits per heavy atom. The molecule has 148 valence electrons. The van der Waals surface area contributed by atoms with Gasteiger partial charge >= 0.3 is 0 Å². The van der Waals surface area contributed by atoms with E-state index in [-0.39, 0.29) is 0 Å². The van der Waals surface area contributed by atoms with Crippen LogP contribution in [0.25, 0.3) is 0 Å². The Balaban J connectivity index is 1.78. The van der Waals surface area contributed by atoms with Gasteiger partial charge < -0.3 is 4.74 Å². The maximum atomic E-state index is 13.4. The van der Waals surface area contributed by atoms with Crippen LogP contribution in [-0.4, -0.2) is 49.7 Å². The molecule has 0 radical (unpaired) electrons. The van der Waals surface area contributed by atoms with Gasteiger partial charge in [0.15, 0.2) is 5.78 Å². The highest BCUT2D eigenvalue weighted by Gasteiger charge is 2.47. The van der Waals surface area contributed by atoms with Crippen LogP contribution in [0.4, 0.5) is 0 Å². The summed E-state index contributed by atoms with van der Waals surface area (Å²) in [7, 11) is -2.08. The number of Topliss-reactive ketones (excluding diaryl/α,β-unsaturated/α-hetero) is 1. The molecule has 0 atom stereocenters. The van der Waals surface area contributed by atoms with Crippen molar-refractivity contribution in [2.45, 2.75) is 0 Å². The lowest BCUT2D eigenvalue weighted by atomic mass is 10.3. The van der Waals surface area contributed by atoms with E-state index in [0.29, 0.717) is 31.7 Å². The van der Waals surface area contributed by atoms with Crippen LogP contribution in [0.1, 0.15) is 0 Å². The first-order chi connectivity index (χ1) is 14.3.